The standard InChI is InChI=1S/C38H44N2O2/c1-5-7-9-10-11-16-25-40-27(4)35(29-19-13-15-23-33(29)40)37-36-30(20-17-21-31(36)38(41)42-37)34-26(3)39(24-8-6-2)32-22-14-12-18-28(32)34/h12-15,17-23,37H,5-11,16,24-25H2,1-4H3. The summed E-state index contributed by atoms with van der Waals surface area (Å²) in [5.74, 6) is -0.226. The second kappa shape index (κ2) is 12.2. The van der Waals surface area contributed by atoms with Crippen molar-refractivity contribution in [2.75, 3.05) is 0 Å². The maximum absolute atomic E-state index is 13.4. The van der Waals surface area contributed by atoms with E-state index in [4.69, 9.17) is 4.74 Å². The summed E-state index contributed by atoms with van der Waals surface area (Å²) in [6, 6.07) is 23.5. The minimum absolute atomic E-state index is 0.226. The zero-order valence-electron chi connectivity index (χ0n) is 25.7. The van der Waals surface area contributed by atoms with Crippen LogP contribution in [0.25, 0.3) is 32.9 Å². The molecule has 0 N–H and O–H groups in total. The number of carbonyl (C=O) groups excluding carboxylic acids is 1. The molecule has 218 valence electrons. The van der Waals surface area contributed by atoms with E-state index in [1.165, 1.54) is 70.9 Å². The topological polar surface area (TPSA) is 36.2 Å². The van der Waals surface area contributed by atoms with Crippen molar-refractivity contribution in [2.24, 2.45) is 0 Å². The number of para-hydroxylation sites is 2. The Morgan fingerprint density at radius 2 is 1.21 bits per heavy atom. The van der Waals surface area contributed by atoms with Crippen LogP contribution < -0.4 is 0 Å². The third-order valence-electron chi connectivity index (χ3n) is 9.33. The van der Waals surface area contributed by atoms with E-state index in [0.29, 0.717) is 5.56 Å². The lowest BCUT2D eigenvalue weighted by molar-refractivity contribution is 0.0457. The summed E-state index contributed by atoms with van der Waals surface area (Å²) in [5.41, 5.74) is 10.1. The Hall–Kier alpha value is -3.79. The van der Waals surface area contributed by atoms with Crippen LogP contribution in [0.5, 0.6) is 0 Å². The lowest BCUT2D eigenvalue weighted by Gasteiger charge is -2.17. The van der Waals surface area contributed by atoms with E-state index < -0.39 is 6.10 Å². The largest absolute Gasteiger partial charge is 0.449 e. The van der Waals surface area contributed by atoms with Crippen LogP contribution in [-0.4, -0.2) is 15.1 Å². The molecule has 2 aromatic heterocycles. The van der Waals surface area contributed by atoms with Crippen LogP contribution in [0.1, 0.15) is 104 Å². The Balaban J connectivity index is 1.47. The molecule has 1 unspecified atom stereocenters. The van der Waals surface area contributed by atoms with Gasteiger partial charge in [-0.15, -0.1) is 0 Å². The van der Waals surface area contributed by atoms with Crippen molar-refractivity contribution in [3.63, 3.8) is 0 Å². The summed E-state index contributed by atoms with van der Waals surface area (Å²) >= 11 is 0. The van der Waals surface area contributed by atoms with E-state index in [1.807, 2.05) is 12.1 Å². The van der Waals surface area contributed by atoms with Crippen LogP contribution in [0.3, 0.4) is 0 Å². The minimum Gasteiger partial charge on any atom is -0.449 e. The zero-order chi connectivity index (χ0) is 29.2. The highest BCUT2D eigenvalue weighted by Crippen LogP contribution is 2.48. The Bertz CT molecular complexity index is 1740. The maximum atomic E-state index is 13.4. The first-order valence-electron chi connectivity index (χ1n) is 16.1. The Morgan fingerprint density at radius 1 is 0.619 bits per heavy atom. The number of benzene rings is 3. The molecule has 42 heavy (non-hydrogen) atoms. The second-order valence-corrected chi connectivity index (χ2v) is 12.0. The van der Waals surface area contributed by atoms with E-state index in [-0.39, 0.29) is 5.97 Å². The summed E-state index contributed by atoms with van der Waals surface area (Å²) in [6.07, 6.45) is 9.45. The molecule has 0 saturated carbocycles. The monoisotopic (exact) mass is 560 g/mol. The molecule has 0 fully saturated rings. The highest BCUT2D eigenvalue weighted by atomic mass is 16.5. The molecule has 1 aliphatic heterocycles. The molecule has 4 nitrogen and oxygen atoms in total. The van der Waals surface area contributed by atoms with Gasteiger partial charge in [0.15, 0.2) is 6.10 Å². The van der Waals surface area contributed by atoms with Crippen LogP contribution in [0.2, 0.25) is 0 Å². The van der Waals surface area contributed by atoms with Crippen molar-refractivity contribution >= 4 is 27.8 Å². The van der Waals surface area contributed by atoms with E-state index >= 15 is 0 Å². The number of aryl methyl sites for hydroxylation is 2. The number of hydrogen-bond donors (Lipinski definition) is 0. The molecule has 0 radical (unpaired) electrons. The SMILES string of the molecule is CCCCCCCCn1c(C)c(C2OC(=O)c3cccc(-c4c(C)n(CCCC)c5ccccc45)c32)c2ccccc21. The van der Waals surface area contributed by atoms with Crippen molar-refractivity contribution in [1.82, 2.24) is 9.13 Å². The molecule has 0 bridgehead atoms. The Morgan fingerprint density at radius 3 is 1.98 bits per heavy atom. The average Bonchev–Trinajstić information content (AvgIpc) is 3.59. The van der Waals surface area contributed by atoms with Crippen LogP contribution in [0.15, 0.2) is 66.7 Å². The van der Waals surface area contributed by atoms with Gasteiger partial charge in [-0.1, -0.05) is 101 Å². The summed E-state index contributed by atoms with van der Waals surface area (Å²) in [7, 11) is 0. The van der Waals surface area contributed by atoms with E-state index in [9.17, 15) is 4.79 Å². The van der Waals surface area contributed by atoms with E-state index in [1.54, 1.807) is 0 Å². The minimum atomic E-state index is -0.434. The zero-order valence-corrected chi connectivity index (χ0v) is 25.7. The molecule has 5 aromatic rings. The molecule has 0 spiro atoms. The molecular weight excluding hydrogens is 516 g/mol. The van der Waals surface area contributed by atoms with Gasteiger partial charge in [0, 0.05) is 63.0 Å². The van der Waals surface area contributed by atoms with Crippen LogP contribution in [0, 0.1) is 13.8 Å². The lowest BCUT2D eigenvalue weighted by atomic mass is 9.88. The third-order valence-corrected chi connectivity index (χ3v) is 9.33. The predicted octanol–water partition coefficient (Wildman–Crippen LogP) is 10.3. The quantitative estimate of drug-likeness (QED) is 0.112. The van der Waals surface area contributed by atoms with Gasteiger partial charge in [-0.25, -0.2) is 4.79 Å². The van der Waals surface area contributed by atoms with Gasteiger partial charge in [-0.2, -0.15) is 0 Å². The highest BCUT2D eigenvalue weighted by molar-refractivity contribution is 6.04. The number of ether oxygens (including phenoxy) is 1. The summed E-state index contributed by atoms with van der Waals surface area (Å²) in [5, 5.41) is 2.42. The van der Waals surface area contributed by atoms with Crippen molar-refractivity contribution in [1.29, 1.82) is 0 Å². The number of hydrogen-bond acceptors (Lipinski definition) is 2. The molecule has 0 saturated heterocycles. The van der Waals surface area contributed by atoms with Crippen LogP contribution in [0.4, 0.5) is 0 Å². The van der Waals surface area contributed by atoms with Gasteiger partial charge in [0.25, 0.3) is 0 Å². The lowest BCUT2D eigenvalue weighted by Crippen LogP contribution is -2.06. The molecule has 6 rings (SSSR count). The number of fused-ring (bicyclic) bond motifs is 3. The molecular formula is C38H44N2O2. The summed E-state index contributed by atoms with van der Waals surface area (Å²) in [4.78, 5) is 13.4. The second-order valence-electron chi connectivity index (χ2n) is 12.0. The van der Waals surface area contributed by atoms with Gasteiger partial charge in [0.1, 0.15) is 0 Å². The number of nitrogens with zero attached hydrogens (tertiary/aromatic N) is 2. The molecule has 1 atom stereocenters. The first kappa shape index (κ1) is 28.3. The average molecular weight is 561 g/mol. The van der Waals surface area contributed by atoms with Gasteiger partial charge in [-0.05, 0) is 50.5 Å². The van der Waals surface area contributed by atoms with Crippen molar-refractivity contribution in [3.05, 3.63) is 94.8 Å². The molecule has 1 aliphatic rings. The number of cyclic esters (lactones) is 1. The van der Waals surface area contributed by atoms with Gasteiger partial charge < -0.3 is 13.9 Å². The fourth-order valence-electron chi connectivity index (χ4n) is 7.18. The predicted molar refractivity (Wildman–Crippen MR) is 174 cm³/mol. The molecule has 0 aliphatic carbocycles. The van der Waals surface area contributed by atoms with Crippen molar-refractivity contribution in [3.8, 4) is 11.1 Å². The van der Waals surface area contributed by atoms with Crippen LogP contribution in [-0.2, 0) is 17.8 Å². The fraction of sp³-hybridized carbons (Fsp3) is 0.395. The first-order valence-corrected chi connectivity index (χ1v) is 16.1. The Kier molecular flexibility index (Phi) is 8.24. The third kappa shape index (κ3) is 4.85. The van der Waals surface area contributed by atoms with E-state index in [2.05, 4.69) is 91.4 Å². The van der Waals surface area contributed by atoms with E-state index in [0.717, 1.165) is 49.0 Å². The normalized spacial score (nSPS) is 14.7. The molecule has 4 heteroatoms. The number of aromatic nitrogens is 2. The fourth-order valence-corrected chi connectivity index (χ4v) is 7.18. The van der Waals surface area contributed by atoms with Gasteiger partial charge >= 0.3 is 5.97 Å². The van der Waals surface area contributed by atoms with Gasteiger partial charge in [0.05, 0.1) is 5.56 Å². The number of unbranched alkanes of at least 4 members (excludes halogenated alkanes) is 6. The number of carbonyl (C=O) groups is 1. The smallest absolute Gasteiger partial charge is 0.339 e. The van der Waals surface area contributed by atoms with Crippen molar-refractivity contribution < 1.29 is 9.53 Å². The summed E-state index contributed by atoms with van der Waals surface area (Å²) in [6.45, 7) is 10.9. The number of esters is 1. The molecule has 3 heterocycles. The van der Waals surface area contributed by atoms with Crippen LogP contribution >= 0.6 is 0 Å². The molecule has 3 aromatic carbocycles. The number of rotatable bonds is 12. The Labute approximate surface area is 250 Å². The van der Waals surface area contributed by atoms with Gasteiger partial charge in [0.2, 0.25) is 0 Å². The summed E-state index contributed by atoms with van der Waals surface area (Å²) < 4.78 is 11.2. The highest BCUT2D eigenvalue weighted by Gasteiger charge is 2.38. The molecule has 0 amide bonds. The first-order chi connectivity index (χ1) is 20.6. The van der Waals surface area contributed by atoms with Gasteiger partial charge in [-0.3, -0.25) is 0 Å². The maximum Gasteiger partial charge on any atom is 0.339 e. The van der Waals surface area contributed by atoms with Crippen molar-refractivity contribution in [2.45, 2.75) is 98.3 Å².